The standard InChI is InChI=1S/C30H39N5O7S/c1-18-32-23-14-20(10-11-25(23)41-18)42-21-15-24-26(36)33-30(28(38)34-43(39,40)29(2)12-13-29)16-19(30)8-6-4-3-5-7-9-22(31)27(37)35(24)17-21/h6,8,10-11,14,19,21-22,24H,3-5,7,9,12-13,15-17,31H2,1-2H3,(H,33,36)(H,34,38)/t19-,21-,22+,24+,30-/m1/s1. The molecule has 4 N–H and O–H groups in total. The van der Waals surface area contributed by atoms with E-state index in [-0.39, 0.29) is 31.2 Å². The molecule has 232 valence electrons. The second-order valence-electron chi connectivity index (χ2n) is 12.7. The lowest BCUT2D eigenvalue weighted by molar-refractivity contribution is -0.140. The van der Waals surface area contributed by atoms with Crippen LogP contribution in [-0.2, 0) is 24.4 Å². The van der Waals surface area contributed by atoms with Gasteiger partial charge in [0.25, 0.3) is 5.91 Å². The number of nitrogens with one attached hydrogen (secondary N) is 2. The van der Waals surface area contributed by atoms with E-state index in [1.165, 1.54) is 4.90 Å². The number of amides is 3. The predicted molar refractivity (Wildman–Crippen MR) is 157 cm³/mol. The van der Waals surface area contributed by atoms with Gasteiger partial charge in [0.15, 0.2) is 11.5 Å². The van der Waals surface area contributed by atoms with E-state index in [0.29, 0.717) is 42.0 Å². The molecule has 13 heteroatoms. The summed E-state index contributed by atoms with van der Waals surface area (Å²) in [5, 5.41) is 2.87. The highest BCUT2D eigenvalue weighted by Crippen LogP contribution is 2.47. The summed E-state index contributed by atoms with van der Waals surface area (Å²) < 4.78 is 38.9. The number of benzene rings is 1. The number of carbonyl (C=O) groups is 3. The maximum atomic E-state index is 13.9. The second kappa shape index (κ2) is 10.9. The summed E-state index contributed by atoms with van der Waals surface area (Å²) in [5.74, 6) is -0.943. The van der Waals surface area contributed by atoms with E-state index in [4.69, 9.17) is 14.9 Å². The first kappa shape index (κ1) is 29.6. The molecule has 4 aliphatic rings. The predicted octanol–water partition coefficient (Wildman–Crippen LogP) is 2.21. The molecule has 12 nitrogen and oxygen atoms in total. The highest BCUT2D eigenvalue weighted by Gasteiger charge is 2.63. The minimum atomic E-state index is -3.91. The molecule has 0 radical (unpaired) electrons. The Morgan fingerprint density at radius 3 is 2.79 bits per heavy atom. The highest BCUT2D eigenvalue weighted by molar-refractivity contribution is 7.91. The van der Waals surface area contributed by atoms with Gasteiger partial charge in [-0.15, -0.1) is 0 Å². The second-order valence-corrected chi connectivity index (χ2v) is 14.9. The Morgan fingerprint density at radius 2 is 2.02 bits per heavy atom. The number of rotatable bonds is 5. The quantitative estimate of drug-likeness (QED) is 0.427. The van der Waals surface area contributed by atoms with Crippen molar-refractivity contribution < 1.29 is 32.0 Å². The van der Waals surface area contributed by atoms with Crippen LogP contribution in [0.5, 0.6) is 5.75 Å². The van der Waals surface area contributed by atoms with E-state index < -0.39 is 50.3 Å². The zero-order valence-corrected chi connectivity index (χ0v) is 25.3. The number of oxazole rings is 1. The van der Waals surface area contributed by atoms with Crippen molar-refractivity contribution in [3.63, 3.8) is 0 Å². The molecule has 43 heavy (non-hydrogen) atoms. The Hall–Kier alpha value is -3.45. The van der Waals surface area contributed by atoms with Crippen LogP contribution in [0.3, 0.4) is 0 Å². The third kappa shape index (κ3) is 5.76. The maximum Gasteiger partial charge on any atom is 0.259 e. The molecule has 1 aromatic carbocycles. The summed E-state index contributed by atoms with van der Waals surface area (Å²) in [4.78, 5) is 46.8. The van der Waals surface area contributed by atoms with Gasteiger partial charge >= 0.3 is 0 Å². The summed E-state index contributed by atoms with van der Waals surface area (Å²) in [5.41, 5.74) is 6.16. The number of carbonyl (C=O) groups excluding carboxylic acids is 3. The van der Waals surface area contributed by atoms with Gasteiger partial charge in [0.1, 0.15) is 29.0 Å². The average molecular weight is 614 g/mol. The summed E-state index contributed by atoms with van der Waals surface area (Å²) in [6.45, 7) is 3.49. The number of fused-ring (bicyclic) bond motifs is 3. The number of nitrogens with two attached hydrogens (primary N) is 1. The van der Waals surface area contributed by atoms with Crippen molar-refractivity contribution in [2.45, 2.75) is 100 Å². The van der Waals surface area contributed by atoms with Gasteiger partial charge in [-0.05, 0) is 57.6 Å². The Balaban J connectivity index is 1.25. The van der Waals surface area contributed by atoms with E-state index in [0.717, 1.165) is 25.7 Å². The van der Waals surface area contributed by atoms with Gasteiger partial charge in [0.05, 0.1) is 17.3 Å². The van der Waals surface area contributed by atoms with E-state index in [1.54, 1.807) is 32.0 Å². The van der Waals surface area contributed by atoms with Crippen LogP contribution in [0.1, 0.15) is 70.6 Å². The van der Waals surface area contributed by atoms with Crippen LogP contribution in [0.2, 0.25) is 0 Å². The Morgan fingerprint density at radius 1 is 1.23 bits per heavy atom. The Kier molecular flexibility index (Phi) is 7.52. The summed E-state index contributed by atoms with van der Waals surface area (Å²) in [6.07, 6.45) is 8.55. The number of aryl methyl sites for hydroxylation is 1. The van der Waals surface area contributed by atoms with Crippen molar-refractivity contribution in [1.29, 1.82) is 0 Å². The lowest BCUT2D eigenvalue weighted by Crippen LogP contribution is -2.58. The fraction of sp³-hybridized carbons (Fsp3) is 0.600. The molecular formula is C30H39N5O7S. The van der Waals surface area contributed by atoms with Gasteiger partial charge in [0.2, 0.25) is 21.8 Å². The van der Waals surface area contributed by atoms with Gasteiger partial charge in [-0.3, -0.25) is 19.1 Å². The zero-order valence-electron chi connectivity index (χ0n) is 24.5. The van der Waals surface area contributed by atoms with Gasteiger partial charge < -0.3 is 25.1 Å². The van der Waals surface area contributed by atoms with Crippen molar-refractivity contribution in [2.75, 3.05) is 6.54 Å². The SMILES string of the molecule is Cc1nc2cc(O[C@@H]3C[C@H]4C(=O)N[C@]5(C(=O)NS(=O)(=O)C6(C)CC6)C[C@H]5C=CCCCCC[C@H](N)C(=O)N4C3)ccc2o1. The van der Waals surface area contributed by atoms with Crippen LogP contribution < -0.4 is 20.5 Å². The summed E-state index contributed by atoms with van der Waals surface area (Å²) >= 11 is 0. The van der Waals surface area contributed by atoms with Crippen LogP contribution >= 0.6 is 0 Å². The molecular weight excluding hydrogens is 574 g/mol. The molecule has 1 saturated heterocycles. The lowest BCUT2D eigenvalue weighted by Gasteiger charge is -2.28. The molecule has 2 aromatic rings. The zero-order chi connectivity index (χ0) is 30.6. The molecule has 3 heterocycles. The molecule has 0 spiro atoms. The fourth-order valence-corrected chi connectivity index (χ4v) is 7.44. The largest absolute Gasteiger partial charge is 0.488 e. The van der Waals surface area contributed by atoms with Crippen molar-refractivity contribution in [2.24, 2.45) is 11.7 Å². The number of nitrogens with zero attached hydrogens (tertiary/aromatic N) is 2. The number of allylic oxidation sites excluding steroid dienone is 1. The van der Waals surface area contributed by atoms with Crippen LogP contribution in [0.25, 0.3) is 11.1 Å². The van der Waals surface area contributed by atoms with Crippen molar-refractivity contribution in [3.05, 3.63) is 36.2 Å². The van der Waals surface area contributed by atoms with E-state index >= 15 is 0 Å². The maximum absolute atomic E-state index is 13.9. The van der Waals surface area contributed by atoms with Crippen LogP contribution in [0, 0.1) is 12.8 Å². The molecule has 6 rings (SSSR count). The van der Waals surface area contributed by atoms with Gasteiger partial charge in [0, 0.05) is 25.3 Å². The Labute approximate surface area is 250 Å². The molecule has 3 fully saturated rings. The number of ether oxygens (including phenoxy) is 1. The van der Waals surface area contributed by atoms with Crippen LogP contribution in [-0.4, -0.2) is 71.0 Å². The topological polar surface area (TPSA) is 174 Å². The monoisotopic (exact) mass is 613 g/mol. The van der Waals surface area contributed by atoms with Crippen molar-refractivity contribution in [1.82, 2.24) is 19.9 Å². The lowest BCUT2D eigenvalue weighted by atomic mass is 10.1. The first-order valence-electron chi connectivity index (χ1n) is 15.1. The minimum Gasteiger partial charge on any atom is -0.488 e. The number of hydrogen-bond donors (Lipinski definition) is 3. The number of sulfonamides is 1. The fourth-order valence-electron chi connectivity index (χ4n) is 6.13. The normalized spacial score (nSPS) is 30.9. The first-order valence-corrected chi connectivity index (χ1v) is 16.5. The number of aromatic nitrogens is 1. The number of hydrogen-bond acceptors (Lipinski definition) is 9. The van der Waals surface area contributed by atoms with Gasteiger partial charge in [-0.1, -0.05) is 25.0 Å². The third-order valence-corrected chi connectivity index (χ3v) is 11.4. The smallest absolute Gasteiger partial charge is 0.259 e. The average Bonchev–Trinajstić information content (AvgIpc) is 3.77. The molecule has 0 bridgehead atoms. The molecule has 2 aliphatic heterocycles. The molecule has 0 unspecified atom stereocenters. The highest BCUT2D eigenvalue weighted by atomic mass is 32.2. The summed E-state index contributed by atoms with van der Waals surface area (Å²) in [6, 6.07) is 3.53. The van der Waals surface area contributed by atoms with Crippen LogP contribution in [0.4, 0.5) is 0 Å². The van der Waals surface area contributed by atoms with Gasteiger partial charge in [-0.25, -0.2) is 13.4 Å². The Bertz CT molecular complexity index is 1580. The molecule has 2 saturated carbocycles. The summed E-state index contributed by atoms with van der Waals surface area (Å²) in [7, 11) is -3.91. The molecule has 3 amide bonds. The molecule has 5 atom stereocenters. The van der Waals surface area contributed by atoms with E-state index in [9.17, 15) is 22.8 Å². The molecule has 1 aromatic heterocycles. The molecule has 2 aliphatic carbocycles. The minimum absolute atomic E-state index is 0.135. The van der Waals surface area contributed by atoms with E-state index in [1.807, 2.05) is 12.2 Å². The van der Waals surface area contributed by atoms with Crippen LogP contribution in [0.15, 0.2) is 34.8 Å². The van der Waals surface area contributed by atoms with Gasteiger partial charge in [-0.2, -0.15) is 0 Å². The van der Waals surface area contributed by atoms with Crippen molar-refractivity contribution >= 4 is 38.8 Å². The van der Waals surface area contributed by atoms with E-state index in [2.05, 4.69) is 15.0 Å². The first-order chi connectivity index (χ1) is 20.4. The third-order valence-electron chi connectivity index (χ3n) is 9.28. The van der Waals surface area contributed by atoms with Crippen molar-refractivity contribution in [3.8, 4) is 5.75 Å².